The average molecular weight is 406 g/mol. The third kappa shape index (κ3) is 4.25. The maximum atomic E-state index is 12.6. The van der Waals surface area contributed by atoms with E-state index < -0.39 is 0 Å². The SMILES string of the molecule is COc1ccccc1NC(=O)Nc1c(-c2ccc(N3CCCCC3)cc2)n[nH]c1C. The lowest BCUT2D eigenvalue weighted by atomic mass is 10.1. The molecule has 0 unspecified atom stereocenters. The molecule has 7 heteroatoms. The second-order valence-electron chi connectivity index (χ2n) is 7.45. The molecule has 1 aromatic heterocycles. The van der Waals surface area contributed by atoms with E-state index in [1.165, 1.54) is 24.9 Å². The number of aryl methyl sites for hydroxylation is 1. The van der Waals surface area contributed by atoms with Crippen LogP contribution in [0.5, 0.6) is 5.75 Å². The van der Waals surface area contributed by atoms with Gasteiger partial charge in [-0.05, 0) is 50.5 Å². The third-order valence-corrected chi connectivity index (χ3v) is 5.40. The van der Waals surface area contributed by atoms with Gasteiger partial charge in [0, 0.05) is 24.3 Å². The van der Waals surface area contributed by atoms with E-state index >= 15 is 0 Å². The lowest BCUT2D eigenvalue weighted by Crippen LogP contribution is -2.29. The number of nitrogens with zero attached hydrogens (tertiary/aromatic N) is 2. The van der Waals surface area contributed by atoms with Crippen LogP contribution in [0.1, 0.15) is 25.0 Å². The minimum Gasteiger partial charge on any atom is -0.495 e. The van der Waals surface area contributed by atoms with E-state index in [1.807, 2.05) is 19.1 Å². The van der Waals surface area contributed by atoms with Gasteiger partial charge in [0.25, 0.3) is 0 Å². The van der Waals surface area contributed by atoms with Gasteiger partial charge in [-0.15, -0.1) is 0 Å². The number of hydrogen-bond acceptors (Lipinski definition) is 4. The van der Waals surface area contributed by atoms with E-state index in [1.54, 1.807) is 19.2 Å². The first kappa shape index (κ1) is 19.8. The summed E-state index contributed by atoms with van der Waals surface area (Å²) in [7, 11) is 1.57. The van der Waals surface area contributed by atoms with Crippen molar-refractivity contribution in [3.8, 4) is 17.0 Å². The van der Waals surface area contributed by atoms with Gasteiger partial charge in [0.05, 0.1) is 24.2 Å². The quantitative estimate of drug-likeness (QED) is 0.556. The summed E-state index contributed by atoms with van der Waals surface area (Å²) < 4.78 is 5.29. The van der Waals surface area contributed by atoms with Crippen LogP contribution >= 0.6 is 0 Å². The summed E-state index contributed by atoms with van der Waals surface area (Å²) in [6, 6.07) is 15.3. The molecule has 156 valence electrons. The van der Waals surface area contributed by atoms with Crippen LogP contribution in [-0.2, 0) is 0 Å². The highest BCUT2D eigenvalue weighted by Crippen LogP contribution is 2.31. The average Bonchev–Trinajstić information content (AvgIpc) is 3.15. The van der Waals surface area contributed by atoms with Crippen molar-refractivity contribution in [3.05, 3.63) is 54.2 Å². The van der Waals surface area contributed by atoms with Gasteiger partial charge < -0.3 is 20.3 Å². The van der Waals surface area contributed by atoms with Gasteiger partial charge >= 0.3 is 6.03 Å². The predicted molar refractivity (Wildman–Crippen MR) is 120 cm³/mol. The van der Waals surface area contributed by atoms with Crippen LogP contribution in [-0.4, -0.2) is 36.4 Å². The Kier molecular flexibility index (Phi) is 5.88. The number of carbonyl (C=O) groups is 1. The first-order valence-electron chi connectivity index (χ1n) is 10.3. The van der Waals surface area contributed by atoms with Crippen molar-refractivity contribution < 1.29 is 9.53 Å². The first-order valence-corrected chi connectivity index (χ1v) is 10.3. The zero-order valence-corrected chi connectivity index (χ0v) is 17.4. The summed E-state index contributed by atoms with van der Waals surface area (Å²) in [5.74, 6) is 0.602. The number of amides is 2. The van der Waals surface area contributed by atoms with Crippen molar-refractivity contribution in [2.45, 2.75) is 26.2 Å². The lowest BCUT2D eigenvalue weighted by Gasteiger charge is -2.28. The number of hydrogen-bond donors (Lipinski definition) is 3. The van der Waals surface area contributed by atoms with E-state index in [2.05, 4.69) is 50.0 Å². The lowest BCUT2D eigenvalue weighted by molar-refractivity contribution is 0.262. The highest BCUT2D eigenvalue weighted by Gasteiger charge is 2.17. The van der Waals surface area contributed by atoms with Crippen molar-refractivity contribution in [2.75, 3.05) is 35.7 Å². The number of carbonyl (C=O) groups excluding carboxylic acids is 1. The molecule has 0 aliphatic carbocycles. The Morgan fingerprint density at radius 2 is 1.77 bits per heavy atom. The van der Waals surface area contributed by atoms with Gasteiger partial charge in [-0.25, -0.2) is 4.79 Å². The largest absolute Gasteiger partial charge is 0.495 e. The Hall–Kier alpha value is -3.48. The van der Waals surface area contributed by atoms with Crippen molar-refractivity contribution in [2.24, 2.45) is 0 Å². The molecule has 0 saturated carbocycles. The van der Waals surface area contributed by atoms with Crippen LogP contribution in [0.4, 0.5) is 21.9 Å². The minimum absolute atomic E-state index is 0.352. The number of aromatic nitrogens is 2. The van der Waals surface area contributed by atoms with Gasteiger partial charge in [0.1, 0.15) is 11.4 Å². The summed E-state index contributed by atoms with van der Waals surface area (Å²) in [4.78, 5) is 15.0. The molecule has 7 nitrogen and oxygen atoms in total. The zero-order valence-electron chi connectivity index (χ0n) is 17.4. The molecule has 3 aromatic rings. The normalized spacial score (nSPS) is 13.7. The molecule has 0 spiro atoms. The van der Waals surface area contributed by atoms with Crippen molar-refractivity contribution in [1.29, 1.82) is 0 Å². The van der Waals surface area contributed by atoms with E-state index in [0.29, 0.717) is 22.8 Å². The number of benzene rings is 2. The number of aromatic amines is 1. The fourth-order valence-electron chi connectivity index (χ4n) is 3.79. The highest BCUT2D eigenvalue weighted by atomic mass is 16.5. The number of urea groups is 1. The number of ether oxygens (including phenoxy) is 1. The van der Waals surface area contributed by atoms with Crippen molar-refractivity contribution >= 4 is 23.1 Å². The molecule has 0 atom stereocenters. The molecule has 0 bridgehead atoms. The Morgan fingerprint density at radius 3 is 2.50 bits per heavy atom. The molecule has 1 aliphatic heterocycles. The van der Waals surface area contributed by atoms with Crippen LogP contribution in [0.3, 0.4) is 0 Å². The van der Waals surface area contributed by atoms with E-state index in [4.69, 9.17) is 4.74 Å². The summed E-state index contributed by atoms with van der Waals surface area (Å²) in [6.07, 6.45) is 3.80. The Labute approximate surface area is 176 Å². The summed E-state index contributed by atoms with van der Waals surface area (Å²) >= 11 is 0. The van der Waals surface area contributed by atoms with Crippen LogP contribution in [0.2, 0.25) is 0 Å². The second kappa shape index (κ2) is 8.90. The maximum Gasteiger partial charge on any atom is 0.323 e. The monoisotopic (exact) mass is 405 g/mol. The topological polar surface area (TPSA) is 82.3 Å². The molecule has 3 N–H and O–H groups in total. The first-order chi connectivity index (χ1) is 14.7. The van der Waals surface area contributed by atoms with Crippen LogP contribution < -0.4 is 20.3 Å². The number of nitrogens with one attached hydrogen (secondary N) is 3. The summed E-state index contributed by atoms with van der Waals surface area (Å²) in [6.45, 7) is 4.10. The number of para-hydroxylation sites is 2. The van der Waals surface area contributed by atoms with Gasteiger partial charge in [-0.1, -0.05) is 24.3 Å². The van der Waals surface area contributed by atoms with Gasteiger partial charge in [-0.3, -0.25) is 5.10 Å². The van der Waals surface area contributed by atoms with Gasteiger partial charge in [-0.2, -0.15) is 5.10 Å². The second-order valence-corrected chi connectivity index (χ2v) is 7.45. The van der Waals surface area contributed by atoms with E-state index in [0.717, 1.165) is 24.3 Å². The van der Waals surface area contributed by atoms with Crippen molar-refractivity contribution in [1.82, 2.24) is 10.2 Å². The molecule has 0 radical (unpaired) electrons. The van der Waals surface area contributed by atoms with Gasteiger partial charge in [0.2, 0.25) is 0 Å². The number of rotatable bonds is 5. The molecule has 1 fully saturated rings. The number of H-pyrrole nitrogens is 1. The molecular weight excluding hydrogens is 378 g/mol. The van der Waals surface area contributed by atoms with Crippen molar-refractivity contribution in [3.63, 3.8) is 0 Å². The summed E-state index contributed by atoms with van der Waals surface area (Å²) in [5.41, 5.74) is 4.95. The minimum atomic E-state index is -0.352. The Balaban J connectivity index is 1.51. The van der Waals surface area contributed by atoms with Crippen LogP contribution in [0.25, 0.3) is 11.3 Å². The molecule has 1 saturated heterocycles. The summed E-state index contributed by atoms with van der Waals surface area (Å²) in [5, 5.41) is 13.2. The predicted octanol–water partition coefficient (Wildman–Crippen LogP) is 5.03. The van der Waals surface area contributed by atoms with Gasteiger partial charge in [0.15, 0.2) is 0 Å². The van der Waals surface area contributed by atoms with E-state index in [-0.39, 0.29) is 6.03 Å². The zero-order chi connectivity index (χ0) is 20.9. The Bertz CT molecular complexity index is 1010. The fraction of sp³-hybridized carbons (Fsp3) is 0.304. The third-order valence-electron chi connectivity index (χ3n) is 5.40. The molecule has 30 heavy (non-hydrogen) atoms. The number of piperidine rings is 1. The highest BCUT2D eigenvalue weighted by molar-refractivity contribution is 6.03. The molecule has 1 aliphatic rings. The fourth-order valence-corrected chi connectivity index (χ4v) is 3.79. The molecule has 2 heterocycles. The molecule has 2 amide bonds. The molecular formula is C23H27N5O2. The maximum absolute atomic E-state index is 12.6. The molecule has 2 aromatic carbocycles. The van der Waals surface area contributed by atoms with Crippen LogP contribution in [0.15, 0.2) is 48.5 Å². The van der Waals surface area contributed by atoms with E-state index in [9.17, 15) is 4.79 Å². The number of methoxy groups -OCH3 is 1. The van der Waals surface area contributed by atoms with Crippen LogP contribution in [0, 0.1) is 6.92 Å². The smallest absolute Gasteiger partial charge is 0.323 e. The Morgan fingerprint density at radius 1 is 1.03 bits per heavy atom. The standard InChI is InChI=1S/C23H27N5O2/c1-16-21(25-23(29)24-19-8-4-5-9-20(19)30-2)22(27-26-16)17-10-12-18(13-11-17)28-14-6-3-7-15-28/h4-5,8-13H,3,6-7,14-15H2,1-2H3,(H,26,27)(H2,24,25,29). The molecule has 4 rings (SSSR count). The number of anilines is 3.